The molecule has 4 aromatic rings. The van der Waals surface area contributed by atoms with Gasteiger partial charge >= 0.3 is 5.97 Å². The van der Waals surface area contributed by atoms with Crippen LogP contribution >= 0.6 is 43.2 Å². The molecule has 0 saturated carbocycles. The number of benzene rings is 3. The van der Waals surface area contributed by atoms with Crippen molar-refractivity contribution in [2.75, 3.05) is 31.7 Å². The first-order valence-corrected chi connectivity index (χ1v) is 18.4. The van der Waals surface area contributed by atoms with E-state index in [0.29, 0.717) is 66.8 Å². The Morgan fingerprint density at radius 3 is 2.30 bits per heavy atom. The predicted molar refractivity (Wildman–Crippen MR) is 201 cm³/mol. The van der Waals surface area contributed by atoms with Gasteiger partial charge in [0.2, 0.25) is 0 Å². The number of amides is 1. The quantitative estimate of drug-likeness (QED) is 0.157. The number of carbonyl (C=O) groups is 2. The number of esters is 1. The van der Waals surface area contributed by atoms with Crippen molar-refractivity contribution in [3.05, 3.63) is 111 Å². The van der Waals surface area contributed by atoms with E-state index in [1.54, 1.807) is 32.1 Å². The topological polar surface area (TPSA) is 117 Å². The van der Waals surface area contributed by atoms with Crippen LogP contribution in [-0.2, 0) is 14.3 Å². The SMILES string of the molecule is CCOC(=O)C1=C(C)N=c2s/c(=C/c3cc(Br)c(OCC(=O)Nc4cc(C)c(C)cc4Br)c(OCC)c3)c(=O)n2[C@@H]1c1ccc(OCC)cc1. The van der Waals surface area contributed by atoms with Crippen LogP contribution in [0.3, 0.4) is 0 Å². The third kappa shape index (κ3) is 8.06. The van der Waals surface area contributed by atoms with Gasteiger partial charge in [-0.05, 0) is 138 Å². The number of aromatic nitrogens is 1. The molecular formula is C37H37Br2N3O7S. The maximum atomic E-state index is 14.1. The summed E-state index contributed by atoms with van der Waals surface area (Å²) < 4.78 is 26.1. The Morgan fingerprint density at radius 1 is 0.920 bits per heavy atom. The third-order valence-electron chi connectivity index (χ3n) is 7.86. The molecule has 0 unspecified atom stereocenters. The highest BCUT2D eigenvalue weighted by Gasteiger charge is 2.33. The Bertz CT molecular complexity index is 2160. The molecule has 1 amide bonds. The molecule has 1 aromatic heterocycles. The minimum absolute atomic E-state index is 0.182. The monoisotopic (exact) mass is 825 g/mol. The first-order valence-electron chi connectivity index (χ1n) is 16.0. The lowest BCUT2D eigenvalue weighted by atomic mass is 9.96. The minimum atomic E-state index is -0.750. The van der Waals surface area contributed by atoms with Crippen LogP contribution in [0.1, 0.15) is 56.0 Å². The molecule has 1 aliphatic rings. The molecule has 0 saturated heterocycles. The molecule has 10 nitrogen and oxygen atoms in total. The van der Waals surface area contributed by atoms with Crippen LogP contribution in [0.5, 0.6) is 17.2 Å². The summed E-state index contributed by atoms with van der Waals surface area (Å²) in [4.78, 5) is 45.3. The highest BCUT2D eigenvalue weighted by molar-refractivity contribution is 9.11. The number of rotatable bonds is 12. The van der Waals surface area contributed by atoms with Gasteiger partial charge in [-0.1, -0.05) is 23.5 Å². The summed E-state index contributed by atoms with van der Waals surface area (Å²) in [5.41, 5.74) is 4.64. The van der Waals surface area contributed by atoms with Gasteiger partial charge in [-0.15, -0.1) is 0 Å². The third-order valence-corrected chi connectivity index (χ3v) is 10.1. The summed E-state index contributed by atoms with van der Waals surface area (Å²) in [6, 6.07) is 13.9. The lowest BCUT2D eigenvalue weighted by molar-refractivity contribution is -0.139. The van der Waals surface area contributed by atoms with E-state index >= 15 is 0 Å². The average Bonchev–Trinajstić information content (AvgIpc) is 3.36. The number of anilines is 1. The van der Waals surface area contributed by atoms with Crippen LogP contribution in [0.15, 0.2) is 78.5 Å². The molecule has 1 atom stereocenters. The van der Waals surface area contributed by atoms with Crippen LogP contribution in [0, 0.1) is 13.8 Å². The number of nitrogens with one attached hydrogen (secondary N) is 1. The zero-order chi connectivity index (χ0) is 36.1. The molecule has 0 spiro atoms. The molecule has 50 heavy (non-hydrogen) atoms. The lowest BCUT2D eigenvalue weighted by Gasteiger charge is -2.24. The van der Waals surface area contributed by atoms with E-state index < -0.39 is 12.0 Å². The Kier molecular flexibility index (Phi) is 12.0. The predicted octanol–water partition coefficient (Wildman–Crippen LogP) is 6.76. The fraction of sp³-hybridized carbons (Fsp3) is 0.297. The zero-order valence-electron chi connectivity index (χ0n) is 28.5. The summed E-state index contributed by atoms with van der Waals surface area (Å²) in [6.07, 6.45) is 1.74. The number of nitrogens with zero attached hydrogens (tertiary/aromatic N) is 2. The van der Waals surface area contributed by atoms with Crippen molar-refractivity contribution in [2.45, 2.75) is 47.6 Å². The highest BCUT2D eigenvalue weighted by Crippen LogP contribution is 2.38. The van der Waals surface area contributed by atoms with Crippen LogP contribution in [0.2, 0.25) is 0 Å². The Morgan fingerprint density at radius 2 is 1.62 bits per heavy atom. The normalized spacial score (nSPS) is 14.2. The van der Waals surface area contributed by atoms with Crippen molar-refractivity contribution in [3.8, 4) is 17.2 Å². The largest absolute Gasteiger partial charge is 0.494 e. The van der Waals surface area contributed by atoms with Gasteiger partial charge < -0.3 is 24.3 Å². The van der Waals surface area contributed by atoms with Crippen LogP contribution in [0.25, 0.3) is 6.08 Å². The molecule has 1 N–H and O–H groups in total. The molecule has 5 rings (SSSR count). The van der Waals surface area contributed by atoms with Crippen molar-refractivity contribution in [2.24, 2.45) is 4.99 Å². The maximum Gasteiger partial charge on any atom is 0.338 e. The Hall–Kier alpha value is -4.20. The van der Waals surface area contributed by atoms with Crippen molar-refractivity contribution in [1.82, 2.24) is 4.57 Å². The summed E-state index contributed by atoms with van der Waals surface area (Å²) in [7, 11) is 0. The molecule has 0 bridgehead atoms. The number of ether oxygens (including phenoxy) is 4. The zero-order valence-corrected chi connectivity index (χ0v) is 32.5. The summed E-state index contributed by atoms with van der Waals surface area (Å²) >= 11 is 8.30. The first-order chi connectivity index (χ1) is 23.9. The number of allylic oxidation sites excluding steroid dienone is 1. The fourth-order valence-electron chi connectivity index (χ4n) is 5.45. The summed E-state index contributed by atoms with van der Waals surface area (Å²) in [5.74, 6) is 0.560. The van der Waals surface area contributed by atoms with Crippen LogP contribution in [-0.4, -0.2) is 42.9 Å². The van der Waals surface area contributed by atoms with Gasteiger partial charge in [-0.2, -0.15) is 0 Å². The van der Waals surface area contributed by atoms with Gasteiger partial charge in [0.25, 0.3) is 11.5 Å². The smallest absolute Gasteiger partial charge is 0.338 e. The second-order valence-electron chi connectivity index (χ2n) is 11.3. The number of hydrogen-bond acceptors (Lipinski definition) is 9. The second kappa shape index (κ2) is 16.2. The number of hydrogen-bond donors (Lipinski definition) is 1. The Balaban J connectivity index is 1.49. The first kappa shape index (κ1) is 37.1. The van der Waals surface area contributed by atoms with E-state index in [4.69, 9.17) is 18.9 Å². The van der Waals surface area contributed by atoms with E-state index in [2.05, 4.69) is 42.2 Å². The van der Waals surface area contributed by atoms with Crippen molar-refractivity contribution in [1.29, 1.82) is 0 Å². The van der Waals surface area contributed by atoms with E-state index in [9.17, 15) is 14.4 Å². The minimum Gasteiger partial charge on any atom is -0.494 e. The average molecular weight is 828 g/mol. The van der Waals surface area contributed by atoms with Gasteiger partial charge in [0, 0.05) is 4.47 Å². The van der Waals surface area contributed by atoms with E-state index in [0.717, 1.165) is 21.2 Å². The van der Waals surface area contributed by atoms with Crippen molar-refractivity contribution >= 4 is 66.8 Å². The van der Waals surface area contributed by atoms with Crippen molar-refractivity contribution < 1.29 is 28.5 Å². The molecule has 0 fully saturated rings. The number of aryl methyl sites for hydroxylation is 2. The van der Waals surface area contributed by atoms with E-state index in [-0.39, 0.29) is 24.7 Å². The van der Waals surface area contributed by atoms with Crippen molar-refractivity contribution in [3.63, 3.8) is 0 Å². The second-order valence-corrected chi connectivity index (χ2v) is 14.0. The molecular weight excluding hydrogens is 790 g/mol. The number of halogens is 2. The van der Waals surface area contributed by atoms with Gasteiger partial charge in [-0.25, -0.2) is 9.79 Å². The van der Waals surface area contributed by atoms with Gasteiger partial charge in [0.05, 0.1) is 51.8 Å². The molecule has 3 aromatic carbocycles. The standard InChI is InChI=1S/C37H37Br2N3O7S/c1-7-46-25-12-10-24(11-13-25)33-32(36(45)48-9-3)22(6)40-37-42(33)35(44)30(50-37)18-23-16-27(39)34(29(17-23)47-8-2)49-19-31(43)41-28-15-21(5)20(4)14-26(28)38/h10-18,33H,7-9,19H2,1-6H3,(H,41,43)/b30-18+/t33-/m1/s1. The molecule has 2 heterocycles. The number of carbonyl (C=O) groups excluding carboxylic acids is 2. The highest BCUT2D eigenvalue weighted by atomic mass is 79.9. The molecule has 13 heteroatoms. The van der Waals surface area contributed by atoms with Gasteiger partial charge in [0.1, 0.15) is 5.75 Å². The molecule has 262 valence electrons. The molecule has 0 aliphatic carbocycles. The fourth-order valence-corrected chi connectivity index (χ4v) is 7.62. The van der Waals surface area contributed by atoms with Gasteiger partial charge in [0.15, 0.2) is 22.9 Å². The maximum absolute atomic E-state index is 14.1. The van der Waals surface area contributed by atoms with Crippen LogP contribution < -0.4 is 34.4 Å². The summed E-state index contributed by atoms with van der Waals surface area (Å²) in [6.45, 7) is 12.0. The van der Waals surface area contributed by atoms with Gasteiger partial charge in [-0.3, -0.25) is 14.2 Å². The lowest BCUT2D eigenvalue weighted by Crippen LogP contribution is -2.39. The van der Waals surface area contributed by atoms with Crippen LogP contribution in [0.4, 0.5) is 5.69 Å². The van der Waals surface area contributed by atoms with E-state index in [1.165, 1.54) is 15.9 Å². The number of fused-ring (bicyclic) bond motifs is 1. The Labute approximate surface area is 310 Å². The summed E-state index contributed by atoms with van der Waals surface area (Å²) in [5, 5.41) is 2.88. The number of thiazole rings is 1. The molecule has 1 aliphatic heterocycles. The molecule has 0 radical (unpaired) electrons. The van der Waals surface area contributed by atoms with E-state index in [1.807, 2.05) is 64.1 Å².